The molecule has 7 heteroatoms. The van der Waals surface area contributed by atoms with Gasteiger partial charge in [0.25, 0.3) is 0 Å². The van der Waals surface area contributed by atoms with Gasteiger partial charge in [-0.2, -0.15) is 13.2 Å². The van der Waals surface area contributed by atoms with Gasteiger partial charge in [-0.25, -0.2) is 0 Å². The molecule has 0 fully saturated rings. The molecule has 0 radical (unpaired) electrons. The molecule has 88 valence electrons. The molecule has 0 aromatic heterocycles. The SMILES string of the molecule is O=C(CCl)c1ccc(C(F)(F)F)c(Br)c1O. The summed E-state index contributed by atoms with van der Waals surface area (Å²) in [4.78, 5) is 11.2. The molecule has 0 atom stereocenters. The van der Waals surface area contributed by atoms with Gasteiger partial charge in [0.15, 0.2) is 5.78 Å². The molecule has 1 rings (SSSR count). The second kappa shape index (κ2) is 4.63. The fraction of sp³-hybridized carbons (Fsp3) is 0.222. The van der Waals surface area contributed by atoms with Gasteiger partial charge in [-0.15, -0.1) is 11.6 Å². The summed E-state index contributed by atoms with van der Waals surface area (Å²) in [6.45, 7) is 0. The number of carbonyl (C=O) groups excluding carboxylic acids is 1. The molecule has 0 bridgehead atoms. The lowest BCUT2D eigenvalue weighted by Gasteiger charge is -2.12. The van der Waals surface area contributed by atoms with Crippen LogP contribution in [0.5, 0.6) is 5.75 Å². The van der Waals surface area contributed by atoms with Crippen LogP contribution in [0.25, 0.3) is 0 Å². The molecule has 2 nitrogen and oxygen atoms in total. The van der Waals surface area contributed by atoms with Gasteiger partial charge in [0, 0.05) is 0 Å². The third-order valence-corrected chi connectivity index (χ3v) is 2.89. The van der Waals surface area contributed by atoms with Crippen LogP contribution in [0, 0.1) is 0 Å². The molecular weight excluding hydrogens is 312 g/mol. The third kappa shape index (κ3) is 2.49. The molecule has 16 heavy (non-hydrogen) atoms. The van der Waals surface area contributed by atoms with Crippen molar-refractivity contribution < 1.29 is 23.1 Å². The summed E-state index contributed by atoms with van der Waals surface area (Å²) in [5, 5.41) is 9.42. The first kappa shape index (κ1) is 13.3. The number of benzene rings is 1. The van der Waals surface area contributed by atoms with E-state index >= 15 is 0 Å². The second-order valence-corrected chi connectivity index (χ2v) is 3.94. The molecule has 0 aliphatic carbocycles. The summed E-state index contributed by atoms with van der Waals surface area (Å²) in [7, 11) is 0. The van der Waals surface area contributed by atoms with Gasteiger partial charge >= 0.3 is 6.18 Å². The van der Waals surface area contributed by atoms with Crippen molar-refractivity contribution in [3.05, 3.63) is 27.7 Å². The monoisotopic (exact) mass is 316 g/mol. The molecule has 1 aromatic rings. The number of carbonyl (C=O) groups is 1. The van der Waals surface area contributed by atoms with Crippen molar-refractivity contribution >= 4 is 33.3 Å². The zero-order valence-corrected chi connectivity index (χ0v) is 9.95. The van der Waals surface area contributed by atoms with E-state index in [0.717, 1.165) is 6.07 Å². The molecular formula is C9H5BrClF3O2. The number of aromatic hydroxyl groups is 1. The molecule has 0 unspecified atom stereocenters. The van der Waals surface area contributed by atoms with Crippen molar-refractivity contribution in [2.75, 3.05) is 5.88 Å². The average molecular weight is 317 g/mol. The predicted molar refractivity (Wildman–Crippen MR) is 55.9 cm³/mol. The quantitative estimate of drug-likeness (QED) is 0.668. The first-order chi connectivity index (χ1) is 7.29. The molecule has 0 spiro atoms. The predicted octanol–water partition coefficient (Wildman–Crippen LogP) is 3.60. The number of ketones is 1. The first-order valence-electron chi connectivity index (χ1n) is 3.97. The van der Waals surface area contributed by atoms with E-state index in [-0.39, 0.29) is 5.56 Å². The van der Waals surface area contributed by atoms with Crippen molar-refractivity contribution in [2.24, 2.45) is 0 Å². The Labute approximate surface area is 102 Å². The van der Waals surface area contributed by atoms with Crippen LogP contribution in [-0.4, -0.2) is 16.8 Å². The Morgan fingerprint density at radius 1 is 1.44 bits per heavy atom. The Morgan fingerprint density at radius 2 is 2.00 bits per heavy atom. The number of alkyl halides is 4. The summed E-state index contributed by atoms with van der Waals surface area (Å²) < 4.78 is 36.6. The fourth-order valence-electron chi connectivity index (χ4n) is 1.08. The van der Waals surface area contributed by atoms with Gasteiger partial charge in [0.05, 0.1) is 21.5 Å². The van der Waals surface area contributed by atoms with Crippen molar-refractivity contribution in [3.63, 3.8) is 0 Å². The van der Waals surface area contributed by atoms with E-state index < -0.39 is 33.6 Å². The van der Waals surface area contributed by atoms with Gasteiger partial charge in [-0.05, 0) is 28.1 Å². The van der Waals surface area contributed by atoms with Crippen LogP contribution in [0.1, 0.15) is 15.9 Å². The Morgan fingerprint density at radius 3 is 2.44 bits per heavy atom. The minimum absolute atomic E-state index is 0.241. The molecule has 0 aliphatic heterocycles. The van der Waals surface area contributed by atoms with Gasteiger partial charge in [-0.1, -0.05) is 0 Å². The highest BCUT2D eigenvalue weighted by Gasteiger charge is 2.35. The lowest BCUT2D eigenvalue weighted by Crippen LogP contribution is -2.08. The standard InChI is InChI=1S/C9H5BrClF3O2/c10-7-5(9(12,13)14)2-1-4(8(7)16)6(15)3-11/h1-2,16H,3H2. The van der Waals surface area contributed by atoms with E-state index in [1.165, 1.54) is 0 Å². The minimum atomic E-state index is -4.60. The van der Waals surface area contributed by atoms with Crippen LogP contribution in [-0.2, 0) is 6.18 Å². The van der Waals surface area contributed by atoms with E-state index in [1.807, 2.05) is 0 Å². The van der Waals surface area contributed by atoms with E-state index in [1.54, 1.807) is 0 Å². The van der Waals surface area contributed by atoms with Crippen LogP contribution >= 0.6 is 27.5 Å². The summed E-state index contributed by atoms with van der Waals surface area (Å²) >= 11 is 7.84. The minimum Gasteiger partial charge on any atom is -0.506 e. The van der Waals surface area contributed by atoms with E-state index in [2.05, 4.69) is 15.9 Å². The maximum Gasteiger partial charge on any atom is 0.417 e. The number of hydrogen-bond acceptors (Lipinski definition) is 2. The van der Waals surface area contributed by atoms with Crippen LogP contribution in [0.15, 0.2) is 16.6 Å². The number of hydrogen-bond donors (Lipinski definition) is 1. The fourth-order valence-corrected chi connectivity index (χ4v) is 1.79. The number of phenolic OH excluding ortho intramolecular Hbond substituents is 1. The number of Topliss-reactive ketones (excluding diaryl/α,β-unsaturated/α-hetero) is 1. The molecule has 0 amide bonds. The average Bonchev–Trinajstić information content (AvgIpc) is 2.19. The van der Waals surface area contributed by atoms with E-state index in [4.69, 9.17) is 11.6 Å². The largest absolute Gasteiger partial charge is 0.506 e. The van der Waals surface area contributed by atoms with Gasteiger partial charge in [-0.3, -0.25) is 4.79 Å². The van der Waals surface area contributed by atoms with Gasteiger partial charge in [0.2, 0.25) is 0 Å². The maximum absolute atomic E-state index is 12.4. The normalized spacial score (nSPS) is 11.6. The molecule has 0 heterocycles. The van der Waals surface area contributed by atoms with Crippen molar-refractivity contribution in [3.8, 4) is 5.75 Å². The van der Waals surface area contributed by atoms with Crippen LogP contribution in [0.4, 0.5) is 13.2 Å². The molecule has 0 saturated heterocycles. The molecule has 1 N–H and O–H groups in total. The first-order valence-corrected chi connectivity index (χ1v) is 5.29. The maximum atomic E-state index is 12.4. The van der Waals surface area contributed by atoms with Crippen LogP contribution < -0.4 is 0 Å². The molecule has 0 aliphatic rings. The zero-order chi connectivity index (χ0) is 12.5. The topological polar surface area (TPSA) is 37.3 Å². The van der Waals surface area contributed by atoms with E-state index in [9.17, 15) is 23.1 Å². The van der Waals surface area contributed by atoms with Crippen molar-refractivity contribution in [2.45, 2.75) is 6.18 Å². The van der Waals surface area contributed by atoms with Crippen molar-refractivity contribution in [1.82, 2.24) is 0 Å². The van der Waals surface area contributed by atoms with Gasteiger partial charge in [0.1, 0.15) is 5.75 Å². The van der Waals surface area contributed by atoms with Gasteiger partial charge < -0.3 is 5.11 Å². The van der Waals surface area contributed by atoms with Crippen molar-refractivity contribution in [1.29, 1.82) is 0 Å². The smallest absolute Gasteiger partial charge is 0.417 e. The Balaban J connectivity index is 3.35. The second-order valence-electron chi connectivity index (χ2n) is 2.88. The lowest BCUT2D eigenvalue weighted by molar-refractivity contribution is -0.138. The lowest BCUT2D eigenvalue weighted by atomic mass is 10.1. The Kier molecular flexibility index (Phi) is 3.85. The highest BCUT2D eigenvalue weighted by atomic mass is 79.9. The highest BCUT2D eigenvalue weighted by Crippen LogP contribution is 2.40. The summed E-state index contributed by atoms with van der Waals surface area (Å²) in [6.07, 6.45) is -4.60. The third-order valence-electron chi connectivity index (χ3n) is 1.84. The Hall–Kier alpha value is -0.750. The summed E-state index contributed by atoms with van der Waals surface area (Å²) in [5.41, 5.74) is -1.29. The summed E-state index contributed by atoms with van der Waals surface area (Å²) in [5.74, 6) is -1.81. The molecule has 0 saturated carbocycles. The van der Waals surface area contributed by atoms with Crippen LogP contribution in [0.3, 0.4) is 0 Å². The number of halogens is 5. The summed E-state index contributed by atoms with van der Waals surface area (Å²) in [6, 6.07) is 1.61. The zero-order valence-electron chi connectivity index (χ0n) is 7.61. The van der Waals surface area contributed by atoms with Crippen LogP contribution in [0.2, 0.25) is 0 Å². The Bertz CT molecular complexity index is 431. The number of rotatable bonds is 2. The van der Waals surface area contributed by atoms with E-state index in [0.29, 0.717) is 6.07 Å². The number of phenols is 1. The molecule has 1 aromatic carbocycles. The highest BCUT2D eigenvalue weighted by molar-refractivity contribution is 9.10.